The van der Waals surface area contributed by atoms with Crippen LogP contribution in [-0.4, -0.2) is 23.3 Å². The van der Waals surface area contributed by atoms with E-state index in [2.05, 4.69) is 29.6 Å². The number of sulfone groups is 1. The summed E-state index contributed by atoms with van der Waals surface area (Å²) in [5.74, 6) is -0.200. The van der Waals surface area contributed by atoms with E-state index in [0.717, 1.165) is 11.1 Å². The Bertz CT molecular complexity index is 1140. The van der Waals surface area contributed by atoms with E-state index in [-0.39, 0.29) is 10.6 Å². The Labute approximate surface area is 179 Å². The summed E-state index contributed by atoms with van der Waals surface area (Å²) in [5, 5.41) is 2.38. The van der Waals surface area contributed by atoms with Crippen molar-refractivity contribution in [1.29, 1.82) is 0 Å². The molecule has 0 aliphatic carbocycles. The van der Waals surface area contributed by atoms with Gasteiger partial charge in [-0.2, -0.15) is 10.6 Å². The first kappa shape index (κ1) is 21.1. The van der Waals surface area contributed by atoms with Crippen LogP contribution in [0.15, 0.2) is 82.6 Å². The van der Waals surface area contributed by atoms with Gasteiger partial charge in [-0.15, -0.1) is 0 Å². The maximum absolute atomic E-state index is 13.3. The van der Waals surface area contributed by atoms with Crippen molar-refractivity contribution in [3.8, 4) is 0 Å². The van der Waals surface area contributed by atoms with Gasteiger partial charge in [0.05, 0.1) is 15.5 Å². The molecular weight excluding hydrogens is 418 g/mol. The van der Waals surface area contributed by atoms with Crippen LogP contribution in [0.4, 0.5) is 0 Å². The Balaban J connectivity index is 1.65. The number of hydrogen-bond acceptors (Lipinski definition) is 5. The molecule has 0 fully saturated rings. The zero-order valence-corrected chi connectivity index (χ0v) is 18.3. The molecule has 3 N–H and O–H groups in total. The summed E-state index contributed by atoms with van der Waals surface area (Å²) in [6.07, 6.45) is 0. The van der Waals surface area contributed by atoms with Crippen molar-refractivity contribution >= 4 is 20.4 Å². The first-order chi connectivity index (χ1) is 14.3. The minimum absolute atomic E-state index is 0.195. The molecule has 30 heavy (non-hydrogen) atoms. The van der Waals surface area contributed by atoms with E-state index >= 15 is 0 Å². The van der Waals surface area contributed by atoms with Crippen molar-refractivity contribution in [3.63, 3.8) is 0 Å². The molecule has 0 amide bonds. The highest BCUT2D eigenvalue weighted by Gasteiger charge is 2.44. The molecule has 0 saturated heterocycles. The summed E-state index contributed by atoms with van der Waals surface area (Å²) in [4.78, 5) is 0.544. The Morgan fingerprint density at radius 3 is 2.33 bits per heavy atom. The minimum atomic E-state index is -3.75. The minimum Gasteiger partial charge on any atom is -0.309 e. The van der Waals surface area contributed by atoms with E-state index in [9.17, 15) is 17.5 Å². The molecule has 1 aliphatic rings. The average Bonchev–Trinajstić information content (AvgIpc) is 3.03. The van der Waals surface area contributed by atoms with Crippen molar-refractivity contribution in [2.45, 2.75) is 35.1 Å². The second kappa shape index (κ2) is 8.17. The van der Waals surface area contributed by atoms with Gasteiger partial charge < -0.3 is 5.32 Å². The van der Waals surface area contributed by atoms with Crippen LogP contribution in [-0.2, 0) is 22.9 Å². The first-order valence-corrected chi connectivity index (χ1v) is 13.0. The van der Waals surface area contributed by atoms with Gasteiger partial charge in [0.15, 0.2) is 9.84 Å². The Morgan fingerprint density at radius 1 is 0.933 bits per heavy atom. The van der Waals surface area contributed by atoms with Gasteiger partial charge in [0.2, 0.25) is 0 Å². The molecule has 1 aliphatic heterocycles. The average molecular weight is 444 g/mol. The SMILES string of the molecule is Cc1ccc(CNCc2cccc3c2C(S(=O)(=O)c2ccccc2)CS3(O)O)cc1. The van der Waals surface area contributed by atoms with Gasteiger partial charge in [-0.05, 0) is 41.8 Å². The quantitative estimate of drug-likeness (QED) is 0.503. The molecule has 3 aromatic rings. The van der Waals surface area contributed by atoms with Crippen molar-refractivity contribution < 1.29 is 17.5 Å². The van der Waals surface area contributed by atoms with E-state index in [0.29, 0.717) is 23.5 Å². The predicted octanol–water partition coefficient (Wildman–Crippen LogP) is 4.92. The van der Waals surface area contributed by atoms with Gasteiger partial charge in [0, 0.05) is 13.1 Å². The van der Waals surface area contributed by atoms with Gasteiger partial charge in [0.1, 0.15) is 5.25 Å². The normalized spacial score (nSPS) is 18.7. The van der Waals surface area contributed by atoms with E-state index < -0.39 is 25.7 Å². The van der Waals surface area contributed by atoms with Gasteiger partial charge in [0.25, 0.3) is 0 Å². The highest BCUT2D eigenvalue weighted by Crippen LogP contribution is 2.62. The third kappa shape index (κ3) is 4.04. The van der Waals surface area contributed by atoms with Crippen molar-refractivity contribution in [3.05, 3.63) is 95.1 Å². The lowest BCUT2D eigenvalue weighted by atomic mass is 10.0. The predicted molar refractivity (Wildman–Crippen MR) is 121 cm³/mol. The third-order valence-electron chi connectivity index (χ3n) is 5.43. The van der Waals surface area contributed by atoms with Crippen LogP contribution in [0.3, 0.4) is 0 Å². The highest BCUT2D eigenvalue weighted by molar-refractivity contribution is 8.25. The highest BCUT2D eigenvalue weighted by atomic mass is 32.3. The fraction of sp³-hybridized carbons (Fsp3) is 0.217. The maximum Gasteiger partial charge on any atom is 0.187 e. The van der Waals surface area contributed by atoms with Gasteiger partial charge in [-0.1, -0.05) is 60.2 Å². The van der Waals surface area contributed by atoms with Crippen LogP contribution in [0.1, 0.15) is 27.5 Å². The molecule has 7 heteroatoms. The lowest BCUT2D eigenvalue weighted by molar-refractivity contribution is 0.491. The Morgan fingerprint density at radius 2 is 1.63 bits per heavy atom. The molecule has 1 atom stereocenters. The van der Waals surface area contributed by atoms with Gasteiger partial charge in [-0.3, -0.25) is 9.11 Å². The smallest absolute Gasteiger partial charge is 0.187 e. The molecular formula is C23H25NO4S2. The summed E-state index contributed by atoms with van der Waals surface area (Å²) in [7, 11) is -6.91. The summed E-state index contributed by atoms with van der Waals surface area (Å²) in [6, 6.07) is 21.7. The monoisotopic (exact) mass is 443 g/mol. The molecule has 0 radical (unpaired) electrons. The molecule has 4 rings (SSSR count). The second-order valence-corrected chi connectivity index (χ2v) is 11.8. The lowest BCUT2D eigenvalue weighted by Gasteiger charge is -2.27. The molecule has 3 aromatic carbocycles. The number of fused-ring (bicyclic) bond motifs is 1. The maximum atomic E-state index is 13.3. The number of benzene rings is 3. The standard InChI is InChI=1S/C23H25NO4S2/c1-17-10-12-18(13-11-17)14-24-15-19-6-5-9-21-23(19)22(16-29(21,25)26)30(27,28)20-7-3-2-4-8-20/h2-13,22,24-26H,14-16H2,1H3. The summed E-state index contributed by atoms with van der Waals surface area (Å²) >= 11 is 0. The second-order valence-electron chi connectivity index (χ2n) is 7.60. The van der Waals surface area contributed by atoms with E-state index in [1.165, 1.54) is 5.56 Å². The lowest BCUT2D eigenvalue weighted by Crippen LogP contribution is -2.19. The topological polar surface area (TPSA) is 86.6 Å². The molecule has 0 spiro atoms. The molecule has 158 valence electrons. The van der Waals surface area contributed by atoms with E-state index in [4.69, 9.17) is 0 Å². The molecule has 1 heterocycles. The third-order valence-corrected chi connectivity index (χ3v) is 9.58. The number of hydrogen-bond donors (Lipinski definition) is 3. The van der Waals surface area contributed by atoms with Crippen molar-refractivity contribution in [1.82, 2.24) is 5.32 Å². The number of nitrogens with one attached hydrogen (secondary N) is 1. The van der Waals surface area contributed by atoms with E-state index in [1.54, 1.807) is 42.5 Å². The molecule has 0 saturated carbocycles. The van der Waals surface area contributed by atoms with E-state index in [1.807, 2.05) is 13.0 Å². The number of aryl methyl sites for hydroxylation is 1. The van der Waals surface area contributed by atoms with Crippen LogP contribution in [0.25, 0.3) is 0 Å². The van der Waals surface area contributed by atoms with Crippen LogP contribution in [0.5, 0.6) is 0 Å². The fourth-order valence-electron chi connectivity index (χ4n) is 3.84. The van der Waals surface area contributed by atoms with Gasteiger partial charge >= 0.3 is 0 Å². The number of rotatable bonds is 6. The zero-order valence-electron chi connectivity index (χ0n) is 16.7. The van der Waals surface area contributed by atoms with Crippen molar-refractivity contribution in [2.24, 2.45) is 0 Å². The summed E-state index contributed by atoms with van der Waals surface area (Å²) in [5.41, 5.74) is 3.63. The summed E-state index contributed by atoms with van der Waals surface area (Å²) in [6.45, 7) is 3.11. The van der Waals surface area contributed by atoms with Crippen LogP contribution >= 0.6 is 10.6 Å². The van der Waals surface area contributed by atoms with Gasteiger partial charge in [-0.25, -0.2) is 8.42 Å². The fourth-order valence-corrected chi connectivity index (χ4v) is 8.35. The largest absolute Gasteiger partial charge is 0.309 e. The summed E-state index contributed by atoms with van der Waals surface area (Å²) < 4.78 is 47.9. The molecule has 1 unspecified atom stereocenters. The van der Waals surface area contributed by atoms with Crippen LogP contribution in [0.2, 0.25) is 0 Å². The Kier molecular flexibility index (Phi) is 5.74. The first-order valence-electron chi connectivity index (χ1n) is 9.72. The molecule has 0 bridgehead atoms. The molecule has 0 aromatic heterocycles. The van der Waals surface area contributed by atoms with Crippen LogP contribution < -0.4 is 5.32 Å². The van der Waals surface area contributed by atoms with Crippen LogP contribution in [0, 0.1) is 6.92 Å². The van der Waals surface area contributed by atoms with Crippen molar-refractivity contribution in [2.75, 3.05) is 5.75 Å². The molecule has 5 nitrogen and oxygen atoms in total. The zero-order chi connectivity index (χ0) is 21.4. The Hall–Kier alpha value is -2.16.